The van der Waals surface area contributed by atoms with Crippen LogP contribution >= 0.6 is 11.6 Å². The van der Waals surface area contributed by atoms with Gasteiger partial charge in [0.05, 0.1) is 5.38 Å². The van der Waals surface area contributed by atoms with Gasteiger partial charge in [0.1, 0.15) is 0 Å². The molecule has 0 nitrogen and oxygen atoms in total. The van der Waals surface area contributed by atoms with Gasteiger partial charge in [-0.3, -0.25) is 0 Å². The largest absolute Gasteiger partial charge is 0.204 e. The second-order valence-corrected chi connectivity index (χ2v) is 5.78. The molecule has 0 aromatic heterocycles. The standard InChI is InChI=1S/C17H17ClF2/c1-11(2)10-12-6-8-13(9-7-12)16(18)14-4-3-5-15(19)17(14)20/h3-9,11,16H,10H2,1-2H3. The maximum Gasteiger partial charge on any atom is 0.163 e. The summed E-state index contributed by atoms with van der Waals surface area (Å²) in [6.45, 7) is 4.31. The van der Waals surface area contributed by atoms with Gasteiger partial charge in [-0.1, -0.05) is 50.2 Å². The van der Waals surface area contributed by atoms with E-state index in [0.717, 1.165) is 18.1 Å². The van der Waals surface area contributed by atoms with E-state index in [2.05, 4.69) is 13.8 Å². The quantitative estimate of drug-likeness (QED) is 0.654. The van der Waals surface area contributed by atoms with Gasteiger partial charge in [0.15, 0.2) is 11.6 Å². The molecule has 2 aromatic rings. The van der Waals surface area contributed by atoms with Crippen LogP contribution in [0.2, 0.25) is 0 Å². The lowest BCUT2D eigenvalue weighted by atomic mass is 9.98. The van der Waals surface area contributed by atoms with Crippen LogP contribution in [0.4, 0.5) is 8.78 Å². The molecule has 0 aliphatic rings. The van der Waals surface area contributed by atoms with Crippen molar-refractivity contribution in [2.24, 2.45) is 5.92 Å². The first-order valence-electron chi connectivity index (χ1n) is 6.66. The van der Waals surface area contributed by atoms with Crippen molar-refractivity contribution in [2.75, 3.05) is 0 Å². The van der Waals surface area contributed by atoms with Gasteiger partial charge in [-0.2, -0.15) is 0 Å². The second-order valence-electron chi connectivity index (χ2n) is 5.35. The van der Waals surface area contributed by atoms with Crippen LogP contribution in [-0.4, -0.2) is 0 Å². The zero-order chi connectivity index (χ0) is 14.7. The van der Waals surface area contributed by atoms with E-state index in [9.17, 15) is 8.78 Å². The third-order valence-electron chi connectivity index (χ3n) is 3.17. The minimum Gasteiger partial charge on any atom is -0.204 e. The Morgan fingerprint density at radius 2 is 1.65 bits per heavy atom. The molecule has 0 aliphatic carbocycles. The van der Waals surface area contributed by atoms with Crippen LogP contribution in [0.25, 0.3) is 0 Å². The first-order valence-corrected chi connectivity index (χ1v) is 7.09. The molecule has 0 heterocycles. The Kier molecular flexibility index (Phi) is 4.77. The van der Waals surface area contributed by atoms with Crippen molar-refractivity contribution >= 4 is 11.6 Å². The van der Waals surface area contributed by atoms with Gasteiger partial charge in [0.2, 0.25) is 0 Å². The summed E-state index contributed by atoms with van der Waals surface area (Å²) in [5.74, 6) is -1.17. The highest BCUT2D eigenvalue weighted by Crippen LogP contribution is 2.31. The molecule has 2 aromatic carbocycles. The van der Waals surface area contributed by atoms with Crippen molar-refractivity contribution in [2.45, 2.75) is 25.6 Å². The van der Waals surface area contributed by atoms with E-state index < -0.39 is 17.0 Å². The van der Waals surface area contributed by atoms with E-state index >= 15 is 0 Å². The van der Waals surface area contributed by atoms with Gasteiger partial charge >= 0.3 is 0 Å². The van der Waals surface area contributed by atoms with Crippen LogP contribution in [-0.2, 0) is 6.42 Å². The van der Waals surface area contributed by atoms with E-state index in [4.69, 9.17) is 11.6 Å². The highest BCUT2D eigenvalue weighted by molar-refractivity contribution is 6.22. The number of hydrogen-bond donors (Lipinski definition) is 0. The molecule has 0 bridgehead atoms. The number of halogens is 3. The van der Waals surface area contributed by atoms with Crippen molar-refractivity contribution in [3.63, 3.8) is 0 Å². The summed E-state index contributed by atoms with van der Waals surface area (Å²) in [5, 5.41) is -0.682. The average Bonchev–Trinajstić information content (AvgIpc) is 2.41. The minimum atomic E-state index is -0.876. The van der Waals surface area contributed by atoms with E-state index in [1.165, 1.54) is 17.7 Å². The Bertz CT molecular complexity index is 576. The normalized spacial score (nSPS) is 12.7. The van der Waals surface area contributed by atoms with Crippen molar-refractivity contribution in [1.29, 1.82) is 0 Å². The third kappa shape index (κ3) is 3.37. The summed E-state index contributed by atoms with van der Waals surface area (Å²) in [6, 6.07) is 11.8. The maximum absolute atomic E-state index is 13.7. The van der Waals surface area contributed by atoms with Crippen LogP contribution < -0.4 is 0 Å². The molecule has 20 heavy (non-hydrogen) atoms. The minimum absolute atomic E-state index is 0.170. The molecule has 0 spiro atoms. The monoisotopic (exact) mass is 294 g/mol. The van der Waals surface area contributed by atoms with Crippen LogP contribution in [0, 0.1) is 17.6 Å². The molecule has 3 heteroatoms. The molecule has 0 aliphatic heterocycles. The van der Waals surface area contributed by atoms with Gasteiger partial charge in [0.25, 0.3) is 0 Å². The first kappa shape index (κ1) is 15.0. The van der Waals surface area contributed by atoms with Crippen molar-refractivity contribution in [1.82, 2.24) is 0 Å². The molecule has 0 saturated heterocycles. The van der Waals surface area contributed by atoms with E-state index in [1.54, 1.807) is 0 Å². The molecular weight excluding hydrogens is 278 g/mol. The van der Waals surface area contributed by atoms with E-state index in [0.29, 0.717) is 5.92 Å². The fraction of sp³-hybridized carbons (Fsp3) is 0.294. The summed E-state index contributed by atoms with van der Waals surface area (Å²) in [4.78, 5) is 0. The number of benzene rings is 2. The summed E-state index contributed by atoms with van der Waals surface area (Å²) in [5.41, 5.74) is 2.15. The first-order chi connectivity index (χ1) is 9.49. The van der Waals surface area contributed by atoms with E-state index in [-0.39, 0.29) is 5.56 Å². The van der Waals surface area contributed by atoms with Gasteiger partial charge in [-0.15, -0.1) is 11.6 Å². The zero-order valence-corrected chi connectivity index (χ0v) is 12.3. The Hall–Kier alpha value is -1.41. The zero-order valence-electron chi connectivity index (χ0n) is 11.5. The topological polar surface area (TPSA) is 0 Å². The molecular formula is C17H17ClF2. The Labute approximate surface area is 123 Å². The fourth-order valence-corrected chi connectivity index (χ4v) is 2.50. The van der Waals surface area contributed by atoms with Crippen LogP contribution in [0.5, 0.6) is 0 Å². The maximum atomic E-state index is 13.7. The highest BCUT2D eigenvalue weighted by Gasteiger charge is 2.17. The van der Waals surface area contributed by atoms with Crippen molar-refractivity contribution in [3.05, 3.63) is 70.8 Å². The fourth-order valence-electron chi connectivity index (χ4n) is 2.19. The predicted octanol–water partition coefficient (Wildman–Crippen LogP) is 5.49. The van der Waals surface area contributed by atoms with Crippen LogP contribution in [0.15, 0.2) is 42.5 Å². The Balaban J connectivity index is 2.25. The highest BCUT2D eigenvalue weighted by atomic mass is 35.5. The Morgan fingerprint density at radius 3 is 2.25 bits per heavy atom. The lowest BCUT2D eigenvalue weighted by Gasteiger charge is -2.13. The molecule has 0 radical (unpaired) electrons. The molecule has 1 unspecified atom stereocenters. The third-order valence-corrected chi connectivity index (χ3v) is 3.66. The number of alkyl halides is 1. The van der Waals surface area contributed by atoms with Gasteiger partial charge < -0.3 is 0 Å². The lowest BCUT2D eigenvalue weighted by Crippen LogP contribution is -2.00. The van der Waals surface area contributed by atoms with E-state index in [1.807, 2.05) is 24.3 Å². The summed E-state index contributed by atoms with van der Waals surface area (Å²) >= 11 is 6.26. The molecule has 0 N–H and O–H groups in total. The summed E-state index contributed by atoms with van der Waals surface area (Å²) in [6.07, 6.45) is 0.988. The van der Waals surface area contributed by atoms with Gasteiger partial charge in [-0.05, 0) is 29.5 Å². The van der Waals surface area contributed by atoms with Gasteiger partial charge in [-0.25, -0.2) is 8.78 Å². The predicted molar refractivity (Wildman–Crippen MR) is 79.0 cm³/mol. The molecule has 0 amide bonds. The Morgan fingerprint density at radius 1 is 1.00 bits per heavy atom. The number of rotatable bonds is 4. The molecule has 1 atom stereocenters. The van der Waals surface area contributed by atoms with Crippen LogP contribution in [0.1, 0.15) is 35.9 Å². The second kappa shape index (κ2) is 6.36. The molecule has 0 saturated carbocycles. The smallest absolute Gasteiger partial charge is 0.163 e. The molecule has 106 valence electrons. The summed E-state index contributed by atoms with van der Waals surface area (Å²) < 4.78 is 27.0. The SMILES string of the molecule is CC(C)Cc1ccc(C(Cl)c2cccc(F)c2F)cc1. The van der Waals surface area contributed by atoms with Gasteiger partial charge in [0, 0.05) is 5.56 Å². The summed E-state index contributed by atoms with van der Waals surface area (Å²) in [7, 11) is 0. The van der Waals surface area contributed by atoms with Crippen molar-refractivity contribution in [3.8, 4) is 0 Å². The average molecular weight is 295 g/mol. The number of hydrogen-bond acceptors (Lipinski definition) is 0. The van der Waals surface area contributed by atoms with Crippen molar-refractivity contribution < 1.29 is 8.78 Å². The lowest BCUT2D eigenvalue weighted by molar-refractivity contribution is 0.500. The molecule has 0 fully saturated rings. The molecule has 2 rings (SSSR count). The van der Waals surface area contributed by atoms with Crippen LogP contribution in [0.3, 0.4) is 0 Å².